The quantitative estimate of drug-likeness (QED) is 0.801. The van der Waals surface area contributed by atoms with Crippen LogP contribution in [0, 0.1) is 13.8 Å². The van der Waals surface area contributed by atoms with Crippen LogP contribution in [-0.4, -0.2) is 30.1 Å². The number of rotatable bonds is 4. The van der Waals surface area contributed by atoms with Crippen molar-refractivity contribution in [2.75, 3.05) is 30.4 Å². The number of anilines is 2. The molecule has 0 atom stereocenters. The molecule has 0 aliphatic carbocycles. The zero-order valence-corrected chi connectivity index (χ0v) is 16.2. The second-order valence-electron chi connectivity index (χ2n) is 6.91. The number of nitrogens with one attached hydrogen (secondary N) is 1. The van der Waals surface area contributed by atoms with Crippen molar-refractivity contribution >= 4 is 28.7 Å². The predicted octanol–water partition coefficient (Wildman–Crippen LogP) is 4.73. The Balaban J connectivity index is 1.68. The molecule has 0 amide bonds. The van der Waals surface area contributed by atoms with Crippen LogP contribution in [0.3, 0.4) is 0 Å². The highest BCUT2D eigenvalue weighted by atomic mass is 32.1. The lowest BCUT2D eigenvalue weighted by molar-refractivity contribution is 0.508. The second kappa shape index (κ2) is 7.87. The lowest BCUT2D eigenvalue weighted by atomic mass is 10.1. The van der Waals surface area contributed by atoms with Crippen LogP contribution in [0.5, 0.6) is 0 Å². The Morgan fingerprint density at radius 3 is 2.52 bits per heavy atom. The molecule has 0 bridgehead atoms. The maximum atomic E-state index is 5.61. The molecule has 2 aromatic carbocycles. The van der Waals surface area contributed by atoms with Gasteiger partial charge in [0.25, 0.3) is 0 Å². The monoisotopic (exact) mass is 353 g/mol. The average molecular weight is 354 g/mol. The van der Waals surface area contributed by atoms with Crippen LogP contribution in [0.4, 0.5) is 11.4 Å². The first kappa shape index (κ1) is 17.7. The number of hydrogen-bond donors (Lipinski definition) is 1. The number of thiocarbonyl (C=S) groups is 1. The zero-order valence-electron chi connectivity index (χ0n) is 15.4. The van der Waals surface area contributed by atoms with Crippen LogP contribution in [0.1, 0.15) is 29.5 Å². The fourth-order valence-corrected chi connectivity index (χ4v) is 3.46. The van der Waals surface area contributed by atoms with Gasteiger partial charge in [-0.05, 0) is 73.8 Å². The van der Waals surface area contributed by atoms with E-state index in [9.17, 15) is 0 Å². The molecule has 0 unspecified atom stereocenters. The minimum absolute atomic E-state index is 0.750. The van der Waals surface area contributed by atoms with Crippen molar-refractivity contribution < 1.29 is 0 Å². The summed E-state index contributed by atoms with van der Waals surface area (Å²) >= 11 is 5.61. The van der Waals surface area contributed by atoms with Crippen LogP contribution >= 0.6 is 12.2 Å². The molecule has 0 aromatic heterocycles. The van der Waals surface area contributed by atoms with Gasteiger partial charge in [0, 0.05) is 38.1 Å². The van der Waals surface area contributed by atoms with Crippen molar-refractivity contribution in [2.45, 2.75) is 33.2 Å². The van der Waals surface area contributed by atoms with E-state index in [2.05, 4.69) is 78.5 Å². The topological polar surface area (TPSA) is 18.5 Å². The van der Waals surface area contributed by atoms with Crippen molar-refractivity contribution in [3.8, 4) is 0 Å². The van der Waals surface area contributed by atoms with E-state index in [1.807, 2.05) is 0 Å². The van der Waals surface area contributed by atoms with Gasteiger partial charge < -0.3 is 15.1 Å². The highest BCUT2D eigenvalue weighted by Gasteiger charge is 2.16. The van der Waals surface area contributed by atoms with Gasteiger partial charge in [-0.1, -0.05) is 24.3 Å². The Hall–Kier alpha value is -2.07. The largest absolute Gasteiger partial charge is 0.371 e. The van der Waals surface area contributed by atoms with Crippen molar-refractivity contribution in [1.29, 1.82) is 0 Å². The van der Waals surface area contributed by atoms with E-state index in [1.165, 1.54) is 35.2 Å². The van der Waals surface area contributed by atoms with Gasteiger partial charge in [-0.15, -0.1) is 0 Å². The van der Waals surface area contributed by atoms with Gasteiger partial charge in [0.2, 0.25) is 0 Å². The second-order valence-corrected chi connectivity index (χ2v) is 7.29. The molecule has 0 spiro atoms. The highest BCUT2D eigenvalue weighted by Crippen LogP contribution is 2.25. The Kier molecular flexibility index (Phi) is 5.59. The lowest BCUT2D eigenvalue weighted by Gasteiger charge is -2.26. The molecule has 3 nitrogen and oxygen atoms in total. The van der Waals surface area contributed by atoms with Crippen molar-refractivity contribution in [2.24, 2.45) is 0 Å². The first-order chi connectivity index (χ1) is 12.0. The Bertz CT molecular complexity index is 751. The van der Waals surface area contributed by atoms with E-state index >= 15 is 0 Å². The predicted molar refractivity (Wildman–Crippen MR) is 111 cm³/mol. The molecule has 2 aromatic rings. The Morgan fingerprint density at radius 1 is 1.08 bits per heavy atom. The van der Waals surface area contributed by atoms with E-state index in [4.69, 9.17) is 12.2 Å². The number of benzene rings is 2. The maximum Gasteiger partial charge on any atom is 0.173 e. The molecule has 1 saturated heterocycles. The molecular weight excluding hydrogens is 326 g/mol. The Labute approximate surface area is 156 Å². The van der Waals surface area contributed by atoms with Gasteiger partial charge in [0.05, 0.1) is 0 Å². The molecule has 1 fully saturated rings. The highest BCUT2D eigenvalue weighted by molar-refractivity contribution is 7.80. The Morgan fingerprint density at radius 2 is 1.80 bits per heavy atom. The lowest BCUT2D eigenvalue weighted by Crippen LogP contribution is -2.31. The van der Waals surface area contributed by atoms with Crippen LogP contribution < -0.4 is 10.2 Å². The summed E-state index contributed by atoms with van der Waals surface area (Å²) in [6.07, 6.45) is 2.58. The molecule has 1 N–H and O–H groups in total. The molecule has 1 heterocycles. The van der Waals surface area contributed by atoms with Gasteiger partial charge in [0.15, 0.2) is 5.11 Å². The standard InChI is InChI=1S/C21H27N3S/c1-16-10-11-19(14-17(16)2)22-21(25)23(3)15-18-8-4-5-9-20(18)24-12-6-7-13-24/h4-5,8-11,14H,6-7,12-13,15H2,1-3H3,(H,22,25). The molecule has 3 rings (SSSR count). The van der Waals surface area contributed by atoms with Crippen molar-refractivity contribution in [1.82, 2.24) is 4.90 Å². The molecule has 4 heteroatoms. The third-order valence-electron chi connectivity index (χ3n) is 4.95. The van der Waals surface area contributed by atoms with Crippen LogP contribution in [0.2, 0.25) is 0 Å². The van der Waals surface area contributed by atoms with Crippen molar-refractivity contribution in [3.63, 3.8) is 0 Å². The fraction of sp³-hybridized carbons (Fsp3) is 0.381. The first-order valence-electron chi connectivity index (χ1n) is 8.97. The summed E-state index contributed by atoms with van der Waals surface area (Å²) in [6, 6.07) is 15.0. The minimum Gasteiger partial charge on any atom is -0.371 e. The maximum absolute atomic E-state index is 5.61. The summed E-state index contributed by atoms with van der Waals surface area (Å²) < 4.78 is 0. The summed E-state index contributed by atoms with van der Waals surface area (Å²) in [5, 5.41) is 4.11. The number of hydrogen-bond acceptors (Lipinski definition) is 2. The van der Waals surface area contributed by atoms with E-state index in [0.29, 0.717) is 0 Å². The molecule has 0 radical (unpaired) electrons. The smallest absolute Gasteiger partial charge is 0.173 e. The minimum atomic E-state index is 0.750. The third-order valence-corrected chi connectivity index (χ3v) is 5.36. The van der Waals surface area contributed by atoms with Crippen LogP contribution in [-0.2, 0) is 6.54 Å². The average Bonchev–Trinajstić information content (AvgIpc) is 3.13. The molecule has 1 aliphatic rings. The molecule has 25 heavy (non-hydrogen) atoms. The molecule has 0 saturated carbocycles. The van der Waals surface area contributed by atoms with Crippen molar-refractivity contribution in [3.05, 3.63) is 59.2 Å². The van der Waals surface area contributed by atoms with Crippen LogP contribution in [0.15, 0.2) is 42.5 Å². The SMILES string of the molecule is Cc1ccc(NC(=S)N(C)Cc2ccccc2N2CCCC2)cc1C. The number of para-hydroxylation sites is 1. The summed E-state index contributed by atoms with van der Waals surface area (Å²) in [4.78, 5) is 4.60. The molecule has 1 aliphatic heterocycles. The normalized spacial score (nSPS) is 13.8. The van der Waals surface area contributed by atoms with E-state index in [-0.39, 0.29) is 0 Å². The van der Waals surface area contributed by atoms with Gasteiger partial charge in [-0.25, -0.2) is 0 Å². The van der Waals surface area contributed by atoms with E-state index in [1.54, 1.807) is 0 Å². The fourth-order valence-electron chi connectivity index (χ4n) is 3.28. The van der Waals surface area contributed by atoms with Gasteiger partial charge in [-0.3, -0.25) is 0 Å². The van der Waals surface area contributed by atoms with Gasteiger partial charge in [-0.2, -0.15) is 0 Å². The first-order valence-corrected chi connectivity index (χ1v) is 9.37. The summed E-state index contributed by atoms with van der Waals surface area (Å²) in [6.45, 7) is 7.37. The van der Waals surface area contributed by atoms with Gasteiger partial charge >= 0.3 is 0 Å². The molecular formula is C21H27N3S. The summed E-state index contributed by atoms with van der Waals surface area (Å²) in [5.74, 6) is 0. The van der Waals surface area contributed by atoms with E-state index < -0.39 is 0 Å². The molecule has 132 valence electrons. The van der Waals surface area contributed by atoms with Crippen LogP contribution in [0.25, 0.3) is 0 Å². The number of aryl methyl sites for hydroxylation is 2. The third kappa shape index (κ3) is 4.31. The summed E-state index contributed by atoms with van der Waals surface area (Å²) in [5.41, 5.74) is 6.30. The van der Waals surface area contributed by atoms with E-state index in [0.717, 1.165) is 30.4 Å². The number of nitrogens with zero attached hydrogens (tertiary/aromatic N) is 2. The van der Waals surface area contributed by atoms with Gasteiger partial charge in [0.1, 0.15) is 0 Å². The summed E-state index contributed by atoms with van der Waals surface area (Å²) in [7, 11) is 2.05. The zero-order chi connectivity index (χ0) is 17.8.